The molecule has 20 heteroatoms. The van der Waals surface area contributed by atoms with Crippen molar-refractivity contribution in [1.29, 1.82) is 0 Å². The number of likely N-dealkylation sites (tertiary alicyclic amines) is 1. The van der Waals surface area contributed by atoms with Gasteiger partial charge in [0.15, 0.2) is 0 Å². The second-order valence-corrected chi connectivity index (χ2v) is 20.1. The number of carboxylic acids is 2. The van der Waals surface area contributed by atoms with Crippen molar-refractivity contribution in [2.45, 2.75) is 169 Å². The van der Waals surface area contributed by atoms with E-state index in [0.717, 1.165) is 12.0 Å². The number of benzene rings is 1. The number of carbonyl (C=O) groups is 7. The highest BCUT2D eigenvalue weighted by molar-refractivity contribution is 5.90. The summed E-state index contributed by atoms with van der Waals surface area (Å²) in [6.45, 7) is 20.9. The summed E-state index contributed by atoms with van der Waals surface area (Å²) in [5, 5.41) is 34.2. The Hall–Kier alpha value is -4.89. The Kier molecular flexibility index (Phi) is 30.7. The zero-order valence-corrected chi connectivity index (χ0v) is 45.4. The third-order valence-corrected chi connectivity index (χ3v) is 12.3. The van der Waals surface area contributed by atoms with Crippen LogP contribution < -0.4 is 16.0 Å². The molecule has 0 bridgehead atoms. The summed E-state index contributed by atoms with van der Waals surface area (Å²) in [4.78, 5) is 93.9. The number of likely N-dealkylation sites (N-methyl/N-ethyl adjacent to an activating group) is 2. The molecule has 20 nitrogen and oxygen atoms in total. The molecule has 1 saturated heterocycles. The number of aliphatic carboxylic acids is 2. The van der Waals surface area contributed by atoms with Crippen molar-refractivity contribution >= 4 is 41.7 Å². The number of carbonyl (C=O) groups excluding carboxylic acids is 5. The van der Waals surface area contributed by atoms with Crippen LogP contribution >= 0.6 is 0 Å². The smallest absolute Gasteiger partial charge is 0.408 e. The molecule has 1 heterocycles. The minimum absolute atomic E-state index is 0.0104. The molecule has 1 fully saturated rings. The van der Waals surface area contributed by atoms with E-state index >= 15 is 0 Å². The minimum atomic E-state index is -1.14. The number of ether oxygens (including phenoxy) is 3. The maximum absolute atomic E-state index is 14.2. The van der Waals surface area contributed by atoms with Gasteiger partial charge in [0.2, 0.25) is 23.6 Å². The lowest BCUT2D eigenvalue weighted by Crippen LogP contribution is -2.59. The van der Waals surface area contributed by atoms with E-state index in [2.05, 4.69) is 16.0 Å². The molecule has 2 rings (SSSR count). The third-order valence-electron chi connectivity index (χ3n) is 12.3. The van der Waals surface area contributed by atoms with Gasteiger partial charge in [-0.25, -0.2) is 9.59 Å². The van der Waals surface area contributed by atoms with Gasteiger partial charge in [0.1, 0.15) is 23.7 Å². The van der Waals surface area contributed by atoms with Crippen LogP contribution in [0.4, 0.5) is 4.79 Å². The summed E-state index contributed by atoms with van der Waals surface area (Å²) in [6, 6.07) is 4.96. The quantitative estimate of drug-likeness (QED) is 0.0764. The lowest BCUT2D eigenvalue weighted by atomic mass is 9.89. The summed E-state index contributed by atoms with van der Waals surface area (Å²) in [5.74, 6) is -4.30. The summed E-state index contributed by atoms with van der Waals surface area (Å²) < 4.78 is 16.7. The fourth-order valence-corrected chi connectivity index (χ4v) is 8.39. The van der Waals surface area contributed by atoms with Gasteiger partial charge in [0.25, 0.3) is 0 Å². The average molecular weight is 1010 g/mol. The highest BCUT2D eigenvalue weighted by atomic mass is 16.6. The van der Waals surface area contributed by atoms with Crippen LogP contribution in [-0.2, 0) is 49.4 Å². The molecule has 7 N–H and O–H groups in total. The van der Waals surface area contributed by atoms with Crippen LogP contribution in [0.2, 0.25) is 0 Å². The summed E-state index contributed by atoms with van der Waals surface area (Å²) in [7, 11) is 8.44. The van der Waals surface area contributed by atoms with Crippen LogP contribution in [0.1, 0.15) is 114 Å². The number of alkyl carbamates (subject to hydrolysis) is 1. The molecule has 1 aliphatic rings. The predicted octanol–water partition coefficient (Wildman–Crippen LogP) is 4.85. The van der Waals surface area contributed by atoms with E-state index in [4.69, 9.17) is 30.2 Å². The number of aliphatic hydroxyl groups is 1. The number of aliphatic hydroxyl groups excluding tert-OH is 1. The Morgan fingerprint density at radius 2 is 1.44 bits per heavy atom. The molecular weight excluding hydrogens is 919 g/mol. The number of nitrogens with one attached hydrogen (secondary N) is 4. The van der Waals surface area contributed by atoms with E-state index in [1.165, 1.54) is 21.1 Å². The van der Waals surface area contributed by atoms with Gasteiger partial charge in [-0.05, 0) is 84.4 Å². The van der Waals surface area contributed by atoms with Crippen LogP contribution in [0, 0.1) is 23.7 Å². The zero-order valence-electron chi connectivity index (χ0n) is 45.4. The van der Waals surface area contributed by atoms with Crippen molar-refractivity contribution in [2.24, 2.45) is 23.7 Å². The highest BCUT2D eigenvalue weighted by Crippen LogP contribution is 2.30. The maximum atomic E-state index is 14.2. The first-order chi connectivity index (χ1) is 33.0. The number of nitrogens with zero attached hydrogens (tertiary/aromatic N) is 3. The van der Waals surface area contributed by atoms with Crippen molar-refractivity contribution < 1.29 is 63.1 Å². The number of carboxylic acid groups (broad SMARTS) is 2. The van der Waals surface area contributed by atoms with E-state index in [1.807, 2.05) is 90.9 Å². The third kappa shape index (κ3) is 23.0. The van der Waals surface area contributed by atoms with Crippen molar-refractivity contribution in [3.63, 3.8) is 0 Å². The van der Waals surface area contributed by atoms with Gasteiger partial charge >= 0.3 is 18.0 Å². The average Bonchev–Trinajstić information content (AvgIpc) is 3.77. The van der Waals surface area contributed by atoms with Gasteiger partial charge in [0.05, 0.1) is 42.7 Å². The Morgan fingerprint density at radius 1 is 0.845 bits per heavy atom. The van der Waals surface area contributed by atoms with Gasteiger partial charge < -0.3 is 61.0 Å². The molecule has 71 heavy (non-hydrogen) atoms. The van der Waals surface area contributed by atoms with E-state index in [0.29, 0.717) is 32.4 Å². The fraction of sp³-hybridized carbons (Fsp3) is 0.745. The molecule has 0 radical (unpaired) electrons. The second kappa shape index (κ2) is 33.0. The SMILES string of the molecule is CC[C@H](C)[C@@H]([C@@H](CC(=O)N1CCC[C@H]1[C@H](OC)[C@@H](C)C(=O)N[C@@H](Cc1ccccc1)C(=O)O)OC)N(C)C(=O)[C@@H](NC(=O)[C@H](C(C)C)N(C)C)C(C)C.C[C@H](NC(=O)OC(C)(C)C)C(=O)O.[NH-]CCCO. The normalized spacial score (nSPS) is 17.4. The maximum Gasteiger partial charge on any atom is 0.408 e. The van der Waals surface area contributed by atoms with Crippen molar-refractivity contribution in [1.82, 2.24) is 30.7 Å². The van der Waals surface area contributed by atoms with Crippen LogP contribution in [0.3, 0.4) is 0 Å². The number of methoxy groups -OCH3 is 2. The molecule has 0 saturated carbocycles. The summed E-state index contributed by atoms with van der Waals surface area (Å²) in [6.07, 6.45) is 0.711. The van der Waals surface area contributed by atoms with Crippen molar-refractivity contribution in [3.8, 4) is 0 Å². The molecule has 0 spiro atoms. The molecule has 1 aromatic carbocycles. The number of amides is 5. The first kappa shape index (κ1) is 66.1. The largest absolute Gasteiger partial charge is 0.677 e. The number of rotatable bonds is 25. The first-order valence-electron chi connectivity index (χ1n) is 24.7. The molecule has 5 amide bonds. The van der Waals surface area contributed by atoms with Crippen LogP contribution in [0.15, 0.2) is 30.3 Å². The molecule has 0 aliphatic carbocycles. The molecule has 10 atom stereocenters. The fourth-order valence-electron chi connectivity index (χ4n) is 8.39. The Labute approximate surface area is 423 Å². The lowest BCUT2D eigenvalue weighted by molar-refractivity contribution is -0.148. The van der Waals surface area contributed by atoms with Gasteiger partial charge in [0, 0.05) is 40.8 Å². The van der Waals surface area contributed by atoms with E-state index in [1.54, 1.807) is 44.5 Å². The van der Waals surface area contributed by atoms with Crippen molar-refractivity contribution in [2.75, 3.05) is 55.1 Å². The predicted molar refractivity (Wildman–Crippen MR) is 272 cm³/mol. The molecule has 408 valence electrons. The highest BCUT2D eigenvalue weighted by Gasteiger charge is 2.43. The van der Waals surface area contributed by atoms with E-state index in [-0.39, 0.29) is 54.9 Å². The van der Waals surface area contributed by atoms with Gasteiger partial charge in [-0.15, -0.1) is 6.54 Å². The monoisotopic (exact) mass is 1010 g/mol. The topological polar surface area (TPSA) is 277 Å². The van der Waals surface area contributed by atoms with Crippen molar-refractivity contribution in [3.05, 3.63) is 41.6 Å². The molecular formula is C51H90N7O13-. The Bertz CT molecular complexity index is 1770. The standard InChI is InChI=1S/C40H67N5O8.C8H15NO4.C3H8NO/c1-13-26(6)35(44(10)39(49)33(24(2)3)42-38(48)34(25(4)5)43(8)9)31(52-11)23-32(46)45-21-17-20-30(45)36(53-12)27(7)37(47)41-29(40(50)51)22-28-18-15-14-16-19-28;1-5(6(10)11)9-7(12)13-8(2,3)4;4-2-1-3-5/h14-16,18-19,24-27,29-31,33-36H,13,17,20-23H2,1-12H3,(H,41,47)(H,42,48)(H,50,51);5H,1-4H3,(H,9,12)(H,10,11);4-5H,1-3H2/q;;-1/t26-,27+,29-,30-,31+,33-,34-,35-,36+;5-;/m00./s1. The number of hydrogen-bond acceptors (Lipinski definition) is 12. The molecule has 0 aromatic heterocycles. The Morgan fingerprint density at radius 3 is 1.86 bits per heavy atom. The zero-order chi connectivity index (χ0) is 54.9. The summed E-state index contributed by atoms with van der Waals surface area (Å²) in [5.41, 5.74) is 6.62. The lowest BCUT2D eigenvalue weighted by Gasteiger charge is -2.41. The molecule has 1 aromatic rings. The van der Waals surface area contributed by atoms with Gasteiger partial charge in [-0.2, -0.15) is 0 Å². The molecule has 1 aliphatic heterocycles. The molecule has 0 unspecified atom stereocenters. The van der Waals surface area contributed by atoms with Gasteiger partial charge in [-0.1, -0.05) is 85.2 Å². The van der Waals surface area contributed by atoms with Crippen LogP contribution in [-0.4, -0.2) is 181 Å². The van der Waals surface area contributed by atoms with E-state index < -0.39 is 83.9 Å². The van der Waals surface area contributed by atoms with Crippen LogP contribution in [0.5, 0.6) is 0 Å². The second-order valence-electron chi connectivity index (χ2n) is 20.1. The first-order valence-corrected chi connectivity index (χ1v) is 24.7. The Balaban J connectivity index is 0.00000229. The summed E-state index contributed by atoms with van der Waals surface area (Å²) >= 11 is 0. The van der Waals surface area contributed by atoms with Gasteiger partial charge in [-0.3, -0.25) is 28.9 Å². The van der Waals surface area contributed by atoms with Crippen LogP contribution in [0.25, 0.3) is 5.73 Å². The number of hydrogen-bond donors (Lipinski definition) is 6. The minimum Gasteiger partial charge on any atom is -0.677 e. The van der Waals surface area contributed by atoms with E-state index in [9.17, 15) is 38.7 Å².